The zero-order valence-electron chi connectivity index (χ0n) is 11.0. The summed E-state index contributed by atoms with van der Waals surface area (Å²) in [5.41, 5.74) is 0.702. The van der Waals surface area contributed by atoms with Crippen molar-refractivity contribution in [2.75, 3.05) is 10.7 Å². The molecule has 1 aliphatic rings. The predicted octanol–water partition coefficient (Wildman–Crippen LogP) is 1.42. The average Bonchev–Trinajstić information content (AvgIpc) is 2.26. The van der Waals surface area contributed by atoms with Crippen molar-refractivity contribution in [1.82, 2.24) is 0 Å². The summed E-state index contributed by atoms with van der Waals surface area (Å²) in [7, 11) is -3.60. The number of hydrogen-bond acceptors (Lipinski definition) is 4. The van der Waals surface area contributed by atoms with Gasteiger partial charge in [-0.05, 0) is 39.0 Å². The van der Waals surface area contributed by atoms with Gasteiger partial charge in [0.15, 0.2) is 15.6 Å². The molecule has 1 amide bonds. The second-order valence-corrected chi connectivity index (χ2v) is 6.81. The molecule has 1 aliphatic heterocycles. The molecule has 0 spiro atoms. The first-order chi connectivity index (χ1) is 8.74. The summed E-state index contributed by atoms with van der Waals surface area (Å²) in [4.78, 5) is 24.9. The Hall–Kier alpha value is -1.69. The summed E-state index contributed by atoms with van der Waals surface area (Å²) in [5.74, 6) is -1.14. The van der Waals surface area contributed by atoms with Crippen molar-refractivity contribution in [3.8, 4) is 0 Å². The summed E-state index contributed by atoms with van der Waals surface area (Å²) < 4.78 is 24.0. The lowest BCUT2D eigenvalue weighted by molar-refractivity contribution is -0.116. The molecule has 0 saturated heterocycles. The van der Waals surface area contributed by atoms with Crippen molar-refractivity contribution in [2.24, 2.45) is 0 Å². The van der Waals surface area contributed by atoms with Gasteiger partial charge < -0.3 is 4.90 Å². The van der Waals surface area contributed by atoms with Gasteiger partial charge in [-0.25, -0.2) is 8.42 Å². The van der Waals surface area contributed by atoms with E-state index in [1.807, 2.05) is 0 Å². The highest BCUT2D eigenvalue weighted by Crippen LogP contribution is 2.33. The molecule has 0 unspecified atom stereocenters. The standard InChI is InChI=1S/C13H15NO4S/c1-8(2)14-11-6-10(9(3)15)4-5-12(11)19(17,18)7-13(14)16/h4-6,8H,7H2,1-3H3. The smallest absolute Gasteiger partial charge is 0.242 e. The van der Waals surface area contributed by atoms with Gasteiger partial charge in [-0.3, -0.25) is 9.59 Å². The molecule has 6 heteroatoms. The first-order valence-electron chi connectivity index (χ1n) is 5.94. The molecule has 0 atom stereocenters. The molecule has 0 aliphatic carbocycles. The average molecular weight is 281 g/mol. The molecule has 0 bridgehead atoms. The Kier molecular flexibility index (Phi) is 3.22. The number of benzene rings is 1. The van der Waals surface area contributed by atoms with Gasteiger partial charge >= 0.3 is 0 Å². The van der Waals surface area contributed by atoms with E-state index in [1.165, 1.54) is 30.0 Å². The van der Waals surface area contributed by atoms with Gasteiger partial charge in [0.1, 0.15) is 5.75 Å². The molecule has 1 heterocycles. The third-order valence-electron chi connectivity index (χ3n) is 3.06. The second kappa shape index (κ2) is 4.45. The third kappa shape index (κ3) is 2.28. The zero-order chi connectivity index (χ0) is 14.4. The normalized spacial score (nSPS) is 17.5. The second-order valence-electron chi connectivity index (χ2n) is 4.86. The molecule has 102 valence electrons. The maximum Gasteiger partial charge on any atom is 0.242 e. The molecule has 19 heavy (non-hydrogen) atoms. The fourth-order valence-corrected chi connectivity index (χ4v) is 3.57. The summed E-state index contributed by atoms with van der Waals surface area (Å²) in [5, 5.41) is 0. The predicted molar refractivity (Wildman–Crippen MR) is 71.1 cm³/mol. The summed E-state index contributed by atoms with van der Waals surface area (Å²) in [6.45, 7) is 5.01. The monoisotopic (exact) mass is 281 g/mol. The van der Waals surface area contributed by atoms with E-state index in [-0.39, 0.29) is 16.7 Å². The Bertz CT molecular complexity index is 661. The van der Waals surface area contributed by atoms with Crippen LogP contribution in [0.25, 0.3) is 0 Å². The number of ketones is 1. The van der Waals surface area contributed by atoms with Gasteiger partial charge in [-0.2, -0.15) is 0 Å². The van der Waals surface area contributed by atoms with Crippen LogP contribution in [0.1, 0.15) is 31.1 Å². The van der Waals surface area contributed by atoms with Gasteiger partial charge in [-0.15, -0.1) is 0 Å². The fourth-order valence-electron chi connectivity index (χ4n) is 2.20. The van der Waals surface area contributed by atoms with Gasteiger partial charge in [-0.1, -0.05) is 0 Å². The number of amides is 1. The number of hydrogen-bond donors (Lipinski definition) is 0. The first-order valence-corrected chi connectivity index (χ1v) is 7.59. The number of anilines is 1. The van der Waals surface area contributed by atoms with Gasteiger partial charge in [0.05, 0.1) is 10.6 Å². The van der Waals surface area contributed by atoms with Crippen LogP contribution in [0.2, 0.25) is 0 Å². The minimum Gasteiger partial charge on any atom is -0.308 e. The van der Waals surface area contributed by atoms with Crippen molar-refractivity contribution in [2.45, 2.75) is 31.7 Å². The maximum absolute atomic E-state index is 12.0. The van der Waals surface area contributed by atoms with E-state index in [1.54, 1.807) is 13.8 Å². The van der Waals surface area contributed by atoms with Crippen LogP contribution in [0, 0.1) is 0 Å². The van der Waals surface area contributed by atoms with Crippen LogP contribution < -0.4 is 4.90 Å². The fraction of sp³-hybridized carbons (Fsp3) is 0.385. The van der Waals surface area contributed by atoms with Crippen LogP contribution in [0.15, 0.2) is 23.1 Å². The number of sulfone groups is 1. The van der Waals surface area contributed by atoms with E-state index >= 15 is 0 Å². The van der Waals surface area contributed by atoms with Crippen molar-refractivity contribution >= 4 is 27.2 Å². The summed E-state index contributed by atoms with van der Waals surface area (Å²) in [6.07, 6.45) is 0. The Morgan fingerprint density at radius 1 is 1.32 bits per heavy atom. The van der Waals surface area contributed by atoms with E-state index in [2.05, 4.69) is 0 Å². The van der Waals surface area contributed by atoms with Crippen LogP contribution in [-0.4, -0.2) is 31.9 Å². The molecule has 0 saturated carbocycles. The molecule has 1 aromatic carbocycles. The molecule has 0 radical (unpaired) electrons. The first kappa shape index (κ1) is 13.7. The van der Waals surface area contributed by atoms with Crippen molar-refractivity contribution in [3.05, 3.63) is 23.8 Å². The number of fused-ring (bicyclic) bond motifs is 1. The van der Waals surface area contributed by atoms with E-state index in [9.17, 15) is 18.0 Å². The quantitative estimate of drug-likeness (QED) is 0.769. The maximum atomic E-state index is 12.0. The molecule has 0 aromatic heterocycles. The van der Waals surface area contributed by atoms with Crippen LogP contribution in [0.5, 0.6) is 0 Å². The topological polar surface area (TPSA) is 71.5 Å². The Labute approximate surface area is 112 Å². The van der Waals surface area contributed by atoms with Crippen LogP contribution >= 0.6 is 0 Å². The third-order valence-corrected chi connectivity index (χ3v) is 4.70. The minimum atomic E-state index is -3.60. The number of carbonyl (C=O) groups is 2. The number of carbonyl (C=O) groups excluding carboxylic acids is 2. The highest BCUT2D eigenvalue weighted by atomic mass is 32.2. The zero-order valence-corrected chi connectivity index (χ0v) is 11.8. The highest BCUT2D eigenvalue weighted by Gasteiger charge is 2.36. The number of nitrogens with zero attached hydrogens (tertiary/aromatic N) is 1. The van der Waals surface area contributed by atoms with Crippen molar-refractivity contribution in [1.29, 1.82) is 0 Å². The van der Waals surface area contributed by atoms with Crippen LogP contribution in [-0.2, 0) is 14.6 Å². The van der Waals surface area contributed by atoms with Crippen LogP contribution in [0.4, 0.5) is 5.69 Å². The highest BCUT2D eigenvalue weighted by molar-refractivity contribution is 7.92. The van der Waals surface area contributed by atoms with E-state index in [0.717, 1.165) is 0 Å². The summed E-state index contributed by atoms with van der Waals surface area (Å²) in [6, 6.07) is 4.20. The van der Waals surface area contributed by atoms with E-state index in [0.29, 0.717) is 11.3 Å². The molecule has 1 aromatic rings. The Balaban J connectivity index is 2.73. The lowest BCUT2D eigenvalue weighted by atomic mass is 10.1. The SMILES string of the molecule is CC(=O)c1ccc2c(c1)N(C(C)C)C(=O)CS2(=O)=O. The molecule has 0 N–H and O–H groups in total. The molecular weight excluding hydrogens is 266 g/mol. The largest absolute Gasteiger partial charge is 0.308 e. The van der Waals surface area contributed by atoms with E-state index in [4.69, 9.17) is 0 Å². The van der Waals surface area contributed by atoms with E-state index < -0.39 is 21.5 Å². The summed E-state index contributed by atoms with van der Waals surface area (Å²) >= 11 is 0. The lowest BCUT2D eigenvalue weighted by Gasteiger charge is -2.32. The Morgan fingerprint density at radius 3 is 2.47 bits per heavy atom. The Morgan fingerprint density at radius 2 is 1.95 bits per heavy atom. The van der Waals surface area contributed by atoms with Gasteiger partial charge in [0, 0.05) is 11.6 Å². The molecular formula is C13H15NO4S. The molecule has 0 fully saturated rings. The molecule has 2 rings (SSSR count). The van der Waals surface area contributed by atoms with Crippen molar-refractivity contribution < 1.29 is 18.0 Å². The van der Waals surface area contributed by atoms with Crippen molar-refractivity contribution in [3.63, 3.8) is 0 Å². The van der Waals surface area contributed by atoms with Gasteiger partial charge in [0.2, 0.25) is 5.91 Å². The number of rotatable bonds is 2. The minimum absolute atomic E-state index is 0.116. The molecule has 5 nitrogen and oxygen atoms in total. The number of Topliss-reactive ketones (excluding diaryl/α,β-unsaturated/α-hetero) is 1. The van der Waals surface area contributed by atoms with Gasteiger partial charge in [0.25, 0.3) is 0 Å². The lowest BCUT2D eigenvalue weighted by Crippen LogP contribution is -2.44. The van der Waals surface area contributed by atoms with Crippen LogP contribution in [0.3, 0.4) is 0 Å².